The van der Waals surface area contributed by atoms with Gasteiger partial charge in [-0.2, -0.15) is 0 Å². The van der Waals surface area contributed by atoms with Crippen molar-refractivity contribution in [3.05, 3.63) is 12.2 Å². The van der Waals surface area contributed by atoms with Crippen LogP contribution in [0.15, 0.2) is 12.2 Å². The Kier molecular flexibility index (Phi) is 5.81. The van der Waals surface area contributed by atoms with E-state index in [0.29, 0.717) is 19.0 Å². The molecule has 120 valence electrons. The number of hydrogen-bond acceptors (Lipinski definition) is 4. The highest BCUT2D eigenvalue weighted by Gasteiger charge is 2.29. The molecular weight excluding hydrogens is 288 g/mol. The summed E-state index contributed by atoms with van der Waals surface area (Å²) in [6, 6.07) is 0.104. The van der Waals surface area contributed by atoms with Crippen LogP contribution in [-0.2, 0) is 14.6 Å². The molecule has 2 rings (SSSR count). The molecule has 1 heterocycles. The van der Waals surface area contributed by atoms with Gasteiger partial charge in [0.05, 0.1) is 18.1 Å². The lowest BCUT2D eigenvalue weighted by atomic mass is 10.0. The van der Waals surface area contributed by atoms with Gasteiger partial charge in [-0.25, -0.2) is 8.42 Å². The first kappa shape index (κ1) is 16.5. The van der Waals surface area contributed by atoms with Gasteiger partial charge in [-0.3, -0.25) is 9.69 Å². The molecular formula is C15H26N2O3S. The van der Waals surface area contributed by atoms with E-state index in [1.165, 1.54) is 19.3 Å². The van der Waals surface area contributed by atoms with E-state index >= 15 is 0 Å². The van der Waals surface area contributed by atoms with Gasteiger partial charge in [0.15, 0.2) is 9.84 Å². The largest absolute Gasteiger partial charge is 0.351 e. The monoisotopic (exact) mass is 314 g/mol. The second kappa shape index (κ2) is 7.40. The summed E-state index contributed by atoms with van der Waals surface area (Å²) in [6.45, 7) is 0.325. The average molecular weight is 314 g/mol. The molecule has 0 aromatic rings. The lowest BCUT2D eigenvalue weighted by Gasteiger charge is -2.26. The van der Waals surface area contributed by atoms with Crippen LogP contribution in [0, 0.1) is 0 Å². The normalized spacial score (nSPS) is 30.6. The SMILES string of the molecule is CN(CC(=O)NC1CCS(=O)(=O)C1)C1/C=C\CCCCC1. The van der Waals surface area contributed by atoms with E-state index in [9.17, 15) is 13.2 Å². The Morgan fingerprint density at radius 1 is 1.29 bits per heavy atom. The van der Waals surface area contributed by atoms with Gasteiger partial charge < -0.3 is 5.32 Å². The van der Waals surface area contributed by atoms with Gasteiger partial charge in [0.1, 0.15) is 0 Å². The number of nitrogens with zero attached hydrogens (tertiary/aromatic N) is 1. The first-order valence-electron chi connectivity index (χ1n) is 7.83. The zero-order valence-corrected chi connectivity index (χ0v) is 13.6. The molecule has 0 aromatic carbocycles. The van der Waals surface area contributed by atoms with Gasteiger partial charge in [-0.05, 0) is 32.7 Å². The minimum atomic E-state index is -2.94. The lowest BCUT2D eigenvalue weighted by Crippen LogP contribution is -2.44. The predicted octanol–water partition coefficient (Wildman–Crippen LogP) is 1.11. The standard InChI is InChI=1S/C15H26N2O3S/c1-17(14-7-5-3-2-4-6-8-14)11-15(18)16-13-9-10-21(19,20)12-13/h5,7,13-14H,2-4,6,8-12H2,1H3,(H,16,18)/b7-5-. The highest BCUT2D eigenvalue weighted by Crippen LogP contribution is 2.15. The van der Waals surface area contributed by atoms with E-state index in [0.717, 1.165) is 12.8 Å². The van der Waals surface area contributed by atoms with Crippen LogP contribution in [0.2, 0.25) is 0 Å². The minimum absolute atomic E-state index is 0.0740. The van der Waals surface area contributed by atoms with Crippen molar-refractivity contribution < 1.29 is 13.2 Å². The Labute approximate surface area is 127 Å². The van der Waals surface area contributed by atoms with E-state index in [-0.39, 0.29) is 23.5 Å². The van der Waals surface area contributed by atoms with Crippen molar-refractivity contribution in [3.8, 4) is 0 Å². The molecule has 21 heavy (non-hydrogen) atoms. The van der Waals surface area contributed by atoms with Crippen molar-refractivity contribution in [3.63, 3.8) is 0 Å². The fraction of sp³-hybridized carbons (Fsp3) is 0.800. The van der Waals surface area contributed by atoms with E-state index in [4.69, 9.17) is 0 Å². The molecule has 1 saturated heterocycles. The Balaban J connectivity index is 1.80. The molecule has 0 bridgehead atoms. The van der Waals surface area contributed by atoms with Gasteiger partial charge in [-0.1, -0.05) is 25.0 Å². The summed E-state index contributed by atoms with van der Waals surface area (Å²) in [5.41, 5.74) is 0. The minimum Gasteiger partial charge on any atom is -0.351 e. The van der Waals surface area contributed by atoms with Crippen molar-refractivity contribution in [1.29, 1.82) is 0 Å². The maximum absolute atomic E-state index is 12.0. The Bertz CT molecular complexity index is 487. The number of hydrogen-bond donors (Lipinski definition) is 1. The molecule has 1 N–H and O–H groups in total. The third kappa shape index (κ3) is 5.43. The van der Waals surface area contributed by atoms with Gasteiger partial charge >= 0.3 is 0 Å². The van der Waals surface area contributed by atoms with Crippen molar-refractivity contribution in [2.24, 2.45) is 0 Å². The van der Waals surface area contributed by atoms with E-state index in [1.807, 2.05) is 7.05 Å². The third-order valence-electron chi connectivity index (χ3n) is 4.29. The lowest BCUT2D eigenvalue weighted by molar-refractivity contribution is -0.122. The zero-order valence-electron chi connectivity index (χ0n) is 12.8. The predicted molar refractivity (Wildman–Crippen MR) is 83.8 cm³/mol. The number of carbonyl (C=O) groups is 1. The summed E-state index contributed by atoms with van der Waals surface area (Å²) in [5, 5.41) is 2.85. The van der Waals surface area contributed by atoms with Crippen molar-refractivity contribution >= 4 is 15.7 Å². The van der Waals surface area contributed by atoms with E-state index in [2.05, 4.69) is 22.4 Å². The summed E-state index contributed by atoms with van der Waals surface area (Å²) in [4.78, 5) is 14.1. The van der Waals surface area contributed by atoms with Crippen molar-refractivity contribution in [2.75, 3.05) is 25.1 Å². The number of nitrogens with one attached hydrogen (secondary N) is 1. The number of likely N-dealkylation sites (N-methyl/N-ethyl adjacent to an activating group) is 1. The molecule has 0 radical (unpaired) electrons. The molecule has 0 aromatic heterocycles. The van der Waals surface area contributed by atoms with Gasteiger partial charge in [0.25, 0.3) is 0 Å². The molecule has 0 saturated carbocycles. The summed E-state index contributed by atoms with van der Waals surface area (Å²) in [7, 11) is -0.978. The first-order valence-corrected chi connectivity index (χ1v) is 9.65. The summed E-state index contributed by atoms with van der Waals surface area (Å²) < 4.78 is 22.8. The number of amides is 1. The topological polar surface area (TPSA) is 66.5 Å². The smallest absolute Gasteiger partial charge is 0.234 e. The van der Waals surface area contributed by atoms with Crippen LogP contribution in [-0.4, -0.2) is 56.4 Å². The van der Waals surface area contributed by atoms with Crippen LogP contribution in [0.25, 0.3) is 0 Å². The molecule has 2 atom stereocenters. The fourth-order valence-corrected chi connectivity index (χ4v) is 4.71. The Morgan fingerprint density at radius 3 is 2.81 bits per heavy atom. The Hall–Kier alpha value is -0.880. The number of carbonyl (C=O) groups excluding carboxylic acids is 1. The van der Waals surface area contributed by atoms with Gasteiger partial charge in [-0.15, -0.1) is 0 Å². The average Bonchev–Trinajstić information content (AvgIpc) is 2.67. The fourth-order valence-electron chi connectivity index (χ4n) is 3.04. The highest BCUT2D eigenvalue weighted by atomic mass is 32.2. The van der Waals surface area contributed by atoms with E-state index < -0.39 is 9.84 Å². The first-order chi connectivity index (χ1) is 9.96. The molecule has 0 spiro atoms. The molecule has 1 fully saturated rings. The van der Waals surface area contributed by atoms with Crippen LogP contribution in [0.5, 0.6) is 0 Å². The zero-order chi connectivity index (χ0) is 15.3. The van der Waals surface area contributed by atoms with Crippen LogP contribution < -0.4 is 5.32 Å². The summed E-state index contributed by atoms with van der Waals surface area (Å²) in [5.74, 6) is 0.209. The second-order valence-electron chi connectivity index (χ2n) is 6.22. The summed E-state index contributed by atoms with van der Waals surface area (Å²) in [6.07, 6.45) is 10.9. The molecule has 2 aliphatic rings. The molecule has 1 aliphatic carbocycles. The third-order valence-corrected chi connectivity index (χ3v) is 6.05. The van der Waals surface area contributed by atoms with E-state index in [1.54, 1.807) is 0 Å². The molecule has 5 nitrogen and oxygen atoms in total. The molecule has 1 aliphatic heterocycles. The number of allylic oxidation sites excluding steroid dienone is 1. The number of sulfone groups is 1. The van der Waals surface area contributed by atoms with Crippen LogP contribution in [0.1, 0.15) is 38.5 Å². The van der Waals surface area contributed by atoms with Gasteiger partial charge in [0.2, 0.25) is 5.91 Å². The van der Waals surface area contributed by atoms with Crippen LogP contribution in [0.4, 0.5) is 0 Å². The molecule has 2 unspecified atom stereocenters. The van der Waals surface area contributed by atoms with Gasteiger partial charge in [0, 0.05) is 12.1 Å². The maximum atomic E-state index is 12.0. The van der Waals surface area contributed by atoms with Crippen LogP contribution in [0.3, 0.4) is 0 Å². The molecule has 6 heteroatoms. The number of rotatable bonds is 4. The quantitative estimate of drug-likeness (QED) is 0.790. The van der Waals surface area contributed by atoms with Crippen molar-refractivity contribution in [1.82, 2.24) is 10.2 Å². The maximum Gasteiger partial charge on any atom is 0.234 e. The van der Waals surface area contributed by atoms with Crippen molar-refractivity contribution in [2.45, 2.75) is 50.6 Å². The highest BCUT2D eigenvalue weighted by molar-refractivity contribution is 7.91. The summed E-state index contributed by atoms with van der Waals surface area (Å²) >= 11 is 0. The van der Waals surface area contributed by atoms with Crippen LogP contribution >= 0.6 is 0 Å². The molecule has 1 amide bonds. The Morgan fingerprint density at radius 2 is 2.10 bits per heavy atom. The second-order valence-corrected chi connectivity index (χ2v) is 8.44.